The molecule has 1 N–H and O–H groups in total. The number of methoxy groups -OCH3 is 1. The Hall–Kier alpha value is -3.44. The van der Waals surface area contributed by atoms with E-state index in [4.69, 9.17) is 21.3 Å². The molecule has 1 aromatic heterocycles. The van der Waals surface area contributed by atoms with Gasteiger partial charge in [0.25, 0.3) is 0 Å². The van der Waals surface area contributed by atoms with Gasteiger partial charge in [0.15, 0.2) is 0 Å². The molecule has 0 radical (unpaired) electrons. The topological polar surface area (TPSA) is 64.1 Å². The predicted octanol–water partition coefficient (Wildman–Crippen LogP) is 5.48. The van der Waals surface area contributed by atoms with Gasteiger partial charge in [-0.05, 0) is 42.5 Å². The van der Waals surface area contributed by atoms with Gasteiger partial charge in [0.2, 0.25) is 5.95 Å². The SMILES string of the molecule is COC(=O)c1ccc(Nc2nc(-c3ccccc3)c3ccc(Cl)cc3n2)cc1. The second kappa shape index (κ2) is 7.66. The van der Waals surface area contributed by atoms with Gasteiger partial charge in [0.1, 0.15) is 0 Å². The minimum atomic E-state index is -0.380. The number of fused-ring (bicyclic) bond motifs is 1. The molecule has 4 rings (SSSR count). The van der Waals surface area contributed by atoms with Crippen LogP contribution in [-0.4, -0.2) is 23.0 Å². The van der Waals surface area contributed by atoms with Crippen LogP contribution in [-0.2, 0) is 4.74 Å². The zero-order valence-electron chi connectivity index (χ0n) is 15.0. The molecule has 0 bridgehead atoms. The molecule has 0 amide bonds. The third-order valence-corrected chi connectivity index (χ3v) is 4.50. The van der Waals surface area contributed by atoms with Crippen LogP contribution in [0.2, 0.25) is 5.02 Å². The number of anilines is 2. The van der Waals surface area contributed by atoms with Crippen molar-refractivity contribution in [3.8, 4) is 11.3 Å². The van der Waals surface area contributed by atoms with Crippen molar-refractivity contribution in [2.45, 2.75) is 0 Å². The van der Waals surface area contributed by atoms with Crippen LogP contribution in [0.1, 0.15) is 10.4 Å². The van der Waals surface area contributed by atoms with E-state index in [1.54, 1.807) is 24.3 Å². The summed E-state index contributed by atoms with van der Waals surface area (Å²) in [6.45, 7) is 0. The van der Waals surface area contributed by atoms with E-state index in [2.05, 4.69) is 10.3 Å². The molecule has 0 spiro atoms. The van der Waals surface area contributed by atoms with Crippen LogP contribution in [0.3, 0.4) is 0 Å². The lowest BCUT2D eigenvalue weighted by atomic mass is 10.1. The normalized spacial score (nSPS) is 10.6. The number of esters is 1. The molecule has 3 aromatic carbocycles. The van der Waals surface area contributed by atoms with Crippen molar-refractivity contribution in [3.63, 3.8) is 0 Å². The standard InChI is InChI=1S/C22H16ClN3O2/c1-28-21(27)15-7-10-17(11-8-15)24-22-25-19-13-16(23)9-12-18(19)20(26-22)14-5-3-2-4-6-14/h2-13H,1H3,(H,24,25,26). The predicted molar refractivity (Wildman–Crippen MR) is 111 cm³/mol. The zero-order chi connectivity index (χ0) is 19.5. The quantitative estimate of drug-likeness (QED) is 0.468. The van der Waals surface area contributed by atoms with Gasteiger partial charge in [0.05, 0.1) is 23.9 Å². The van der Waals surface area contributed by atoms with Gasteiger partial charge in [-0.1, -0.05) is 41.9 Å². The number of benzene rings is 3. The number of rotatable bonds is 4. The first-order valence-corrected chi connectivity index (χ1v) is 9.00. The number of hydrogen-bond donors (Lipinski definition) is 1. The number of nitrogens with one attached hydrogen (secondary N) is 1. The Balaban J connectivity index is 1.76. The van der Waals surface area contributed by atoms with Crippen molar-refractivity contribution in [2.24, 2.45) is 0 Å². The molecule has 0 saturated heterocycles. The fourth-order valence-electron chi connectivity index (χ4n) is 2.91. The smallest absolute Gasteiger partial charge is 0.337 e. The van der Waals surface area contributed by atoms with Gasteiger partial charge in [0, 0.05) is 21.7 Å². The number of nitrogens with zero attached hydrogens (tertiary/aromatic N) is 2. The summed E-state index contributed by atoms with van der Waals surface area (Å²) in [5.74, 6) is 0.0638. The van der Waals surface area contributed by atoms with E-state index in [1.807, 2.05) is 48.5 Å². The molecule has 6 heteroatoms. The lowest BCUT2D eigenvalue weighted by Crippen LogP contribution is -2.02. The summed E-state index contributed by atoms with van der Waals surface area (Å²) in [5.41, 5.74) is 3.78. The van der Waals surface area contributed by atoms with Crippen LogP contribution in [0.25, 0.3) is 22.2 Å². The van der Waals surface area contributed by atoms with Gasteiger partial charge in [-0.3, -0.25) is 0 Å². The average Bonchev–Trinajstić information content (AvgIpc) is 2.73. The molecule has 28 heavy (non-hydrogen) atoms. The van der Waals surface area contributed by atoms with Gasteiger partial charge < -0.3 is 10.1 Å². The molecular formula is C22H16ClN3O2. The van der Waals surface area contributed by atoms with Gasteiger partial charge in [-0.15, -0.1) is 0 Å². The molecule has 0 aliphatic carbocycles. The highest BCUT2D eigenvalue weighted by Crippen LogP contribution is 2.29. The molecule has 0 aliphatic rings. The van der Waals surface area contributed by atoms with E-state index in [-0.39, 0.29) is 5.97 Å². The fraction of sp³-hybridized carbons (Fsp3) is 0.0455. The van der Waals surface area contributed by atoms with E-state index in [9.17, 15) is 4.79 Å². The summed E-state index contributed by atoms with van der Waals surface area (Å²) in [6, 6.07) is 22.4. The van der Waals surface area contributed by atoms with Crippen LogP contribution in [0.5, 0.6) is 0 Å². The van der Waals surface area contributed by atoms with Crippen LogP contribution in [0, 0.1) is 0 Å². The van der Waals surface area contributed by atoms with Gasteiger partial charge in [-0.25, -0.2) is 14.8 Å². The Morgan fingerprint density at radius 3 is 2.43 bits per heavy atom. The van der Waals surface area contributed by atoms with Crippen molar-refractivity contribution in [2.75, 3.05) is 12.4 Å². The van der Waals surface area contributed by atoms with E-state index >= 15 is 0 Å². The zero-order valence-corrected chi connectivity index (χ0v) is 15.8. The largest absolute Gasteiger partial charge is 0.465 e. The van der Waals surface area contributed by atoms with Gasteiger partial charge >= 0.3 is 5.97 Å². The average molecular weight is 390 g/mol. The lowest BCUT2D eigenvalue weighted by molar-refractivity contribution is 0.0601. The van der Waals surface area contributed by atoms with Crippen molar-refractivity contribution in [1.29, 1.82) is 0 Å². The Morgan fingerprint density at radius 1 is 0.964 bits per heavy atom. The van der Waals surface area contributed by atoms with Crippen molar-refractivity contribution < 1.29 is 9.53 Å². The van der Waals surface area contributed by atoms with Crippen LogP contribution in [0.15, 0.2) is 72.8 Å². The maximum Gasteiger partial charge on any atom is 0.337 e. The third-order valence-electron chi connectivity index (χ3n) is 4.27. The van der Waals surface area contributed by atoms with Crippen LogP contribution in [0.4, 0.5) is 11.6 Å². The molecule has 138 valence electrons. The monoisotopic (exact) mass is 389 g/mol. The number of hydrogen-bond acceptors (Lipinski definition) is 5. The van der Waals surface area contributed by atoms with Crippen molar-refractivity contribution in [1.82, 2.24) is 9.97 Å². The first-order chi connectivity index (χ1) is 13.6. The Kier molecular flexibility index (Phi) is 4.91. The lowest BCUT2D eigenvalue weighted by Gasteiger charge is -2.11. The second-order valence-corrected chi connectivity index (χ2v) is 6.55. The summed E-state index contributed by atoms with van der Waals surface area (Å²) in [7, 11) is 1.35. The molecule has 0 unspecified atom stereocenters. The Morgan fingerprint density at radius 2 is 1.71 bits per heavy atom. The molecule has 0 saturated carbocycles. The van der Waals surface area contributed by atoms with E-state index in [0.29, 0.717) is 16.5 Å². The summed E-state index contributed by atoms with van der Waals surface area (Å²) in [6.07, 6.45) is 0. The molecule has 5 nitrogen and oxygen atoms in total. The summed E-state index contributed by atoms with van der Waals surface area (Å²) in [4.78, 5) is 20.9. The highest BCUT2D eigenvalue weighted by atomic mass is 35.5. The van der Waals surface area contributed by atoms with E-state index < -0.39 is 0 Å². The maximum absolute atomic E-state index is 11.6. The number of halogens is 1. The minimum absolute atomic E-state index is 0.380. The fourth-order valence-corrected chi connectivity index (χ4v) is 3.08. The number of carbonyl (C=O) groups is 1. The van der Waals surface area contributed by atoms with Gasteiger partial charge in [-0.2, -0.15) is 0 Å². The Bertz CT molecular complexity index is 1150. The summed E-state index contributed by atoms with van der Waals surface area (Å²) < 4.78 is 4.72. The highest BCUT2D eigenvalue weighted by molar-refractivity contribution is 6.31. The van der Waals surface area contributed by atoms with Crippen LogP contribution >= 0.6 is 11.6 Å². The molecule has 0 fully saturated rings. The number of ether oxygens (including phenoxy) is 1. The second-order valence-electron chi connectivity index (χ2n) is 6.12. The van der Waals surface area contributed by atoms with E-state index in [1.165, 1.54) is 7.11 Å². The van der Waals surface area contributed by atoms with Crippen molar-refractivity contribution in [3.05, 3.63) is 83.4 Å². The van der Waals surface area contributed by atoms with Crippen LogP contribution < -0.4 is 5.32 Å². The van der Waals surface area contributed by atoms with E-state index in [0.717, 1.165) is 27.8 Å². The molecular weight excluding hydrogens is 374 g/mol. The number of aromatic nitrogens is 2. The van der Waals surface area contributed by atoms with Crippen molar-refractivity contribution >= 4 is 40.1 Å². The first-order valence-electron chi connectivity index (χ1n) is 8.62. The Labute approximate surface area is 167 Å². The molecule has 0 aliphatic heterocycles. The minimum Gasteiger partial charge on any atom is -0.465 e. The maximum atomic E-state index is 11.6. The third kappa shape index (κ3) is 3.66. The highest BCUT2D eigenvalue weighted by Gasteiger charge is 2.11. The molecule has 1 heterocycles. The first kappa shape index (κ1) is 17.9. The molecule has 0 atom stereocenters. The number of carbonyl (C=O) groups excluding carboxylic acids is 1. The molecule has 4 aromatic rings. The summed E-state index contributed by atoms with van der Waals surface area (Å²) in [5, 5.41) is 4.72. The summed E-state index contributed by atoms with van der Waals surface area (Å²) >= 11 is 6.17.